The van der Waals surface area contributed by atoms with Crippen molar-refractivity contribution < 1.29 is 4.74 Å². The lowest BCUT2D eigenvalue weighted by atomic mass is 10.3. The van der Waals surface area contributed by atoms with Crippen LogP contribution in [0.5, 0.6) is 5.75 Å². The second kappa shape index (κ2) is 10.9. The van der Waals surface area contributed by atoms with Gasteiger partial charge in [-0.25, -0.2) is 0 Å². The van der Waals surface area contributed by atoms with E-state index in [9.17, 15) is 0 Å². The van der Waals surface area contributed by atoms with Crippen molar-refractivity contribution in [2.24, 2.45) is 4.99 Å². The first-order valence-electron chi connectivity index (χ1n) is 7.17. The molecule has 2 N–H and O–H groups in total. The molecule has 0 unspecified atom stereocenters. The second-order valence-electron chi connectivity index (χ2n) is 4.30. The quantitative estimate of drug-likeness (QED) is 0.315. The standard InChI is InChI=1S/C16H25N3O/c1-3-12-18-16(17-4-2)19-13-8-9-14-20-15-10-6-5-7-11-15/h3,5-7,10-11H,1,4,8-9,12-14H2,2H3,(H2,17,18,19). The van der Waals surface area contributed by atoms with Crippen molar-refractivity contribution >= 4 is 5.96 Å². The highest BCUT2D eigenvalue weighted by Gasteiger charge is 1.95. The monoisotopic (exact) mass is 275 g/mol. The van der Waals surface area contributed by atoms with E-state index in [1.165, 1.54) is 0 Å². The lowest BCUT2D eigenvalue weighted by molar-refractivity contribution is 0.308. The van der Waals surface area contributed by atoms with Gasteiger partial charge < -0.3 is 15.4 Å². The van der Waals surface area contributed by atoms with E-state index in [1.807, 2.05) is 36.4 Å². The molecule has 0 saturated carbocycles. The van der Waals surface area contributed by atoms with Crippen molar-refractivity contribution in [2.45, 2.75) is 19.8 Å². The van der Waals surface area contributed by atoms with E-state index >= 15 is 0 Å². The number of guanidine groups is 1. The van der Waals surface area contributed by atoms with Gasteiger partial charge in [-0.05, 0) is 31.9 Å². The lowest BCUT2D eigenvalue weighted by Gasteiger charge is -2.09. The number of rotatable bonds is 9. The highest BCUT2D eigenvalue weighted by atomic mass is 16.5. The van der Waals surface area contributed by atoms with Gasteiger partial charge in [-0.1, -0.05) is 24.3 Å². The molecule has 0 fully saturated rings. The number of aliphatic imine (C=N–C) groups is 1. The first-order valence-corrected chi connectivity index (χ1v) is 7.17. The molecule has 0 bridgehead atoms. The third kappa shape index (κ3) is 7.46. The Morgan fingerprint density at radius 3 is 2.75 bits per heavy atom. The molecule has 110 valence electrons. The van der Waals surface area contributed by atoms with Gasteiger partial charge in [-0.3, -0.25) is 4.99 Å². The predicted molar refractivity (Wildman–Crippen MR) is 85.3 cm³/mol. The minimum atomic E-state index is 0.725. The summed E-state index contributed by atoms with van der Waals surface area (Å²) in [7, 11) is 0. The fourth-order valence-electron chi connectivity index (χ4n) is 1.62. The summed E-state index contributed by atoms with van der Waals surface area (Å²) in [5, 5.41) is 6.37. The third-order valence-electron chi connectivity index (χ3n) is 2.59. The molecule has 0 atom stereocenters. The molecule has 0 saturated heterocycles. The van der Waals surface area contributed by atoms with E-state index in [-0.39, 0.29) is 0 Å². The van der Waals surface area contributed by atoms with Crippen LogP contribution >= 0.6 is 0 Å². The fourth-order valence-corrected chi connectivity index (χ4v) is 1.62. The Hall–Kier alpha value is -1.97. The van der Waals surface area contributed by atoms with Crippen LogP contribution in [0.15, 0.2) is 48.0 Å². The van der Waals surface area contributed by atoms with Gasteiger partial charge in [0.05, 0.1) is 6.61 Å². The number of ether oxygens (including phenoxy) is 1. The zero-order valence-corrected chi connectivity index (χ0v) is 12.3. The molecule has 0 aliphatic heterocycles. The number of hydrogen-bond donors (Lipinski definition) is 2. The van der Waals surface area contributed by atoms with Crippen LogP contribution in [0.2, 0.25) is 0 Å². The second-order valence-corrected chi connectivity index (χ2v) is 4.30. The van der Waals surface area contributed by atoms with E-state index in [1.54, 1.807) is 0 Å². The van der Waals surface area contributed by atoms with Crippen LogP contribution in [-0.4, -0.2) is 32.2 Å². The lowest BCUT2D eigenvalue weighted by Crippen LogP contribution is -2.37. The van der Waals surface area contributed by atoms with Crippen LogP contribution < -0.4 is 15.4 Å². The fraction of sp³-hybridized carbons (Fsp3) is 0.438. The average molecular weight is 275 g/mol. The van der Waals surface area contributed by atoms with E-state index in [0.717, 1.165) is 50.8 Å². The topological polar surface area (TPSA) is 45.7 Å². The summed E-state index contributed by atoms with van der Waals surface area (Å²) in [6, 6.07) is 9.89. The van der Waals surface area contributed by atoms with E-state index in [0.29, 0.717) is 0 Å². The molecule has 0 aliphatic carbocycles. The summed E-state index contributed by atoms with van der Waals surface area (Å²) in [6.07, 6.45) is 3.83. The molecule has 0 aromatic heterocycles. The van der Waals surface area contributed by atoms with Crippen molar-refractivity contribution in [2.75, 3.05) is 26.2 Å². The van der Waals surface area contributed by atoms with Crippen molar-refractivity contribution in [3.05, 3.63) is 43.0 Å². The van der Waals surface area contributed by atoms with Gasteiger partial charge in [0.2, 0.25) is 0 Å². The maximum absolute atomic E-state index is 5.63. The van der Waals surface area contributed by atoms with Gasteiger partial charge in [-0.2, -0.15) is 0 Å². The number of nitrogens with zero attached hydrogens (tertiary/aromatic N) is 1. The van der Waals surface area contributed by atoms with Crippen LogP contribution in [0, 0.1) is 0 Å². The number of unbranched alkanes of at least 4 members (excludes halogenated alkanes) is 1. The molecule has 0 radical (unpaired) electrons. The zero-order valence-electron chi connectivity index (χ0n) is 12.3. The summed E-state index contributed by atoms with van der Waals surface area (Å²) in [4.78, 5) is 4.49. The summed E-state index contributed by atoms with van der Waals surface area (Å²) in [5.41, 5.74) is 0. The van der Waals surface area contributed by atoms with Gasteiger partial charge in [0.25, 0.3) is 0 Å². The zero-order chi connectivity index (χ0) is 14.5. The first kappa shape index (κ1) is 16.1. The minimum Gasteiger partial charge on any atom is -0.494 e. The van der Waals surface area contributed by atoms with E-state index in [4.69, 9.17) is 4.74 Å². The molecule has 0 spiro atoms. The van der Waals surface area contributed by atoms with Crippen molar-refractivity contribution in [1.29, 1.82) is 0 Å². The summed E-state index contributed by atoms with van der Waals surface area (Å²) in [6.45, 7) is 8.85. The van der Waals surface area contributed by atoms with Crippen molar-refractivity contribution in [3.63, 3.8) is 0 Å². The van der Waals surface area contributed by atoms with Crippen molar-refractivity contribution in [1.82, 2.24) is 10.6 Å². The Morgan fingerprint density at radius 2 is 2.05 bits per heavy atom. The number of para-hydroxylation sites is 1. The van der Waals surface area contributed by atoms with Gasteiger partial charge >= 0.3 is 0 Å². The SMILES string of the molecule is C=CCNC(=NCCCCOc1ccccc1)NCC. The Labute approximate surface area is 121 Å². The largest absolute Gasteiger partial charge is 0.494 e. The molecule has 1 rings (SSSR count). The Morgan fingerprint density at radius 1 is 1.25 bits per heavy atom. The molecule has 0 aliphatic rings. The molecule has 20 heavy (non-hydrogen) atoms. The molecule has 4 heteroatoms. The summed E-state index contributed by atoms with van der Waals surface area (Å²) in [5.74, 6) is 1.77. The predicted octanol–water partition coefficient (Wildman–Crippen LogP) is 2.59. The Kier molecular flexibility index (Phi) is 8.77. The van der Waals surface area contributed by atoms with Crippen LogP contribution in [0.25, 0.3) is 0 Å². The van der Waals surface area contributed by atoms with Crippen LogP contribution in [0.4, 0.5) is 0 Å². The molecular weight excluding hydrogens is 250 g/mol. The first-order chi connectivity index (χ1) is 9.86. The third-order valence-corrected chi connectivity index (χ3v) is 2.59. The molecule has 1 aromatic carbocycles. The summed E-state index contributed by atoms with van der Waals surface area (Å²) < 4.78 is 5.63. The highest BCUT2D eigenvalue weighted by molar-refractivity contribution is 5.79. The highest BCUT2D eigenvalue weighted by Crippen LogP contribution is 2.08. The Balaban J connectivity index is 2.14. The average Bonchev–Trinajstić information content (AvgIpc) is 2.49. The Bertz CT molecular complexity index is 390. The van der Waals surface area contributed by atoms with Gasteiger partial charge in [0.1, 0.15) is 5.75 Å². The van der Waals surface area contributed by atoms with Crippen LogP contribution in [0.1, 0.15) is 19.8 Å². The minimum absolute atomic E-state index is 0.725. The molecule has 0 heterocycles. The maximum Gasteiger partial charge on any atom is 0.191 e. The molecule has 1 aromatic rings. The maximum atomic E-state index is 5.63. The van der Waals surface area contributed by atoms with Crippen LogP contribution in [-0.2, 0) is 0 Å². The molecule has 4 nitrogen and oxygen atoms in total. The molecular formula is C16H25N3O. The van der Waals surface area contributed by atoms with Gasteiger partial charge in [-0.15, -0.1) is 6.58 Å². The van der Waals surface area contributed by atoms with Crippen LogP contribution in [0.3, 0.4) is 0 Å². The smallest absolute Gasteiger partial charge is 0.191 e. The van der Waals surface area contributed by atoms with E-state index < -0.39 is 0 Å². The van der Waals surface area contributed by atoms with Crippen molar-refractivity contribution in [3.8, 4) is 5.75 Å². The van der Waals surface area contributed by atoms with E-state index in [2.05, 4.69) is 29.1 Å². The normalized spacial score (nSPS) is 10.9. The number of benzene rings is 1. The number of hydrogen-bond acceptors (Lipinski definition) is 2. The molecule has 0 amide bonds. The number of nitrogens with one attached hydrogen (secondary N) is 2. The van der Waals surface area contributed by atoms with Gasteiger partial charge in [0, 0.05) is 19.6 Å². The summed E-state index contributed by atoms with van der Waals surface area (Å²) >= 11 is 0. The van der Waals surface area contributed by atoms with Gasteiger partial charge in [0.15, 0.2) is 5.96 Å².